The van der Waals surface area contributed by atoms with Crippen molar-refractivity contribution in [2.75, 3.05) is 13.1 Å². The third-order valence-corrected chi connectivity index (χ3v) is 3.44. The molecule has 0 radical (unpaired) electrons. The molecule has 1 nitrogen and oxygen atoms in total. The van der Waals surface area contributed by atoms with Gasteiger partial charge in [-0.3, -0.25) is 0 Å². The van der Waals surface area contributed by atoms with Gasteiger partial charge < -0.3 is 5.32 Å². The lowest BCUT2D eigenvalue weighted by molar-refractivity contribution is 0.390. The maximum atomic E-state index is 13.3. The summed E-state index contributed by atoms with van der Waals surface area (Å²) in [5.74, 6) is -0.202. The second-order valence-electron chi connectivity index (χ2n) is 4.99. The Morgan fingerprint density at radius 1 is 1.44 bits per heavy atom. The molecule has 0 spiro atoms. The van der Waals surface area contributed by atoms with Crippen molar-refractivity contribution in [1.82, 2.24) is 5.32 Å². The van der Waals surface area contributed by atoms with E-state index in [0.29, 0.717) is 0 Å². The van der Waals surface area contributed by atoms with Crippen molar-refractivity contribution < 1.29 is 4.39 Å². The van der Waals surface area contributed by atoms with Crippen molar-refractivity contribution in [3.05, 3.63) is 46.7 Å². The molecular weight excluding hydrogens is 293 g/mol. The molecule has 0 saturated heterocycles. The fourth-order valence-corrected chi connectivity index (χ4v) is 2.45. The van der Waals surface area contributed by atoms with Crippen molar-refractivity contribution >= 4 is 15.9 Å². The minimum atomic E-state index is -0.202. The molecule has 1 rings (SSSR count). The summed E-state index contributed by atoms with van der Waals surface area (Å²) in [5, 5.41) is 3.40. The van der Waals surface area contributed by atoms with Crippen LogP contribution in [-0.4, -0.2) is 13.1 Å². The minimum absolute atomic E-state index is 0.0532. The van der Waals surface area contributed by atoms with Crippen LogP contribution < -0.4 is 5.32 Å². The highest BCUT2D eigenvalue weighted by Gasteiger charge is 2.20. The van der Waals surface area contributed by atoms with E-state index in [1.165, 1.54) is 6.07 Å². The van der Waals surface area contributed by atoms with Gasteiger partial charge in [-0.2, -0.15) is 0 Å². The van der Waals surface area contributed by atoms with Crippen LogP contribution in [0.4, 0.5) is 4.39 Å². The predicted molar refractivity (Wildman–Crippen MR) is 79.3 cm³/mol. The van der Waals surface area contributed by atoms with Crippen LogP contribution in [0.3, 0.4) is 0 Å². The molecule has 18 heavy (non-hydrogen) atoms. The quantitative estimate of drug-likeness (QED) is 0.584. The lowest BCUT2D eigenvalue weighted by atomic mass is 9.83. The monoisotopic (exact) mass is 313 g/mol. The van der Waals surface area contributed by atoms with Crippen LogP contribution in [0.1, 0.15) is 25.8 Å². The summed E-state index contributed by atoms with van der Waals surface area (Å²) in [5.41, 5.74) is 0.935. The Labute approximate surface area is 118 Å². The number of halogens is 2. The molecule has 1 aromatic carbocycles. The molecule has 0 fully saturated rings. The molecule has 0 aliphatic carbocycles. The number of benzene rings is 1. The number of hydrogen-bond acceptors (Lipinski definition) is 1. The molecule has 1 N–H and O–H groups in total. The van der Waals surface area contributed by atoms with E-state index in [2.05, 4.69) is 41.7 Å². The first-order valence-electron chi connectivity index (χ1n) is 6.28. The largest absolute Gasteiger partial charge is 0.316 e. The molecule has 100 valence electrons. The van der Waals surface area contributed by atoms with Crippen LogP contribution in [0.15, 0.2) is 35.3 Å². The van der Waals surface area contributed by atoms with E-state index in [4.69, 9.17) is 0 Å². The maximum Gasteiger partial charge on any atom is 0.124 e. The fourth-order valence-electron chi connectivity index (χ4n) is 1.94. The normalized spacial score (nSPS) is 14.2. The zero-order valence-corrected chi connectivity index (χ0v) is 12.7. The van der Waals surface area contributed by atoms with Crippen LogP contribution in [-0.2, 0) is 6.42 Å². The fraction of sp³-hybridized carbons (Fsp3) is 0.467. The second kappa shape index (κ2) is 7.05. The summed E-state index contributed by atoms with van der Waals surface area (Å²) in [6.45, 7) is 10.0. The SMILES string of the molecule is C=CC(C)(CNCCC)Cc1cc(F)cc(Br)c1. The number of rotatable bonds is 7. The van der Waals surface area contributed by atoms with Gasteiger partial charge in [-0.15, -0.1) is 6.58 Å². The number of hydrogen-bond donors (Lipinski definition) is 1. The topological polar surface area (TPSA) is 12.0 Å². The Balaban J connectivity index is 2.74. The van der Waals surface area contributed by atoms with Crippen molar-refractivity contribution in [2.24, 2.45) is 5.41 Å². The summed E-state index contributed by atoms with van der Waals surface area (Å²) < 4.78 is 14.1. The molecule has 0 bridgehead atoms. The van der Waals surface area contributed by atoms with Crippen molar-refractivity contribution in [2.45, 2.75) is 26.7 Å². The molecular formula is C15H21BrFN. The van der Waals surface area contributed by atoms with Gasteiger partial charge in [0.25, 0.3) is 0 Å². The third-order valence-electron chi connectivity index (χ3n) is 2.98. The van der Waals surface area contributed by atoms with Gasteiger partial charge >= 0.3 is 0 Å². The van der Waals surface area contributed by atoms with Crippen molar-refractivity contribution in [3.63, 3.8) is 0 Å². The van der Waals surface area contributed by atoms with E-state index in [9.17, 15) is 4.39 Å². The Hall–Kier alpha value is -0.670. The zero-order valence-electron chi connectivity index (χ0n) is 11.1. The van der Waals surface area contributed by atoms with Crippen molar-refractivity contribution in [3.8, 4) is 0 Å². The Morgan fingerprint density at radius 2 is 2.17 bits per heavy atom. The Kier molecular flexibility index (Phi) is 6.03. The van der Waals surface area contributed by atoms with Crippen LogP contribution in [0.2, 0.25) is 0 Å². The average Bonchev–Trinajstić information content (AvgIpc) is 2.28. The minimum Gasteiger partial charge on any atom is -0.316 e. The van der Waals surface area contributed by atoms with Gasteiger partial charge in [-0.1, -0.05) is 35.9 Å². The molecule has 0 aromatic heterocycles. The first-order valence-corrected chi connectivity index (χ1v) is 7.07. The molecule has 0 saturated carbocycles. The molecule has 0 aliphatic heterocycles. The zero-order chi connectivity index (χ0) is 13.6. The lowest BCUT2D eigenvalue weighted by Crippen LogP contribution is -2.32. The third kappa shape index (κ3) is 4.91. The second-order valence-corrected chi connectivity index (χ2v) is 5.91. The first kappa shape index (κ1) is 15.4. The van der Waals surface area contributed by atoms with Crippen molar-refractivity contribution in [1.29, 1.82) is 0 Å². The van der Waals surface area contributed by atoms with Gasteiger partial charge in [0, 0.05) is 16.4 Å². The van der Waals surface area contributed by atoms with E-state index in [1.807, 2.05) is 12.1 Å². The molecule has 0 heterocycles. The van der Waals surface area contributed by atoms with E-state index < -0.39 is 0 Å². The van der Waals surface area contributed by atoms with E-state index in [-0.39, 0.29) is 11.2 Å². The highest BCUT2D eigenvalue weighted by Crippen LogP contribution is 2.25. The van der Waals surface area contributed by atoms with Crippen LogP contribution >= 0.6 is 15.9 Å². The molecule has 1 aromatic rings. The number of nitrogens with one attached hydrogen (secondary N) is 1. The smallest absolute Gasteiger partial charge is 0.124 e. The van der Waals surface area contributed by atoms with Gasteiger partial charge in [0.15, 0.2) is 0 Å². The maximum absolute atomic E-state index is 13.3. The molecule has 1 unspecified atom stereocenters. The molecule has 0 amide bonds. The van der Waals surface area contributed by atoms with Gasteiger partial charge in [-0.25, -0.2) is 4.39 Å². The van der Waals surface area contributed by atoms with Gasteiger partial charge in [0.05, 0.1) is 0 Å². The highest BCUT2D eigenvalue weighted by molar-refractivity contribution is 9.10. The Morgan fingerprint density at radius 3 is 2.72 bits per heavy atom. The van der Waals surface area contributed by atoms with Crippen LogP contribution in [0.5, 0.6) is 0 Å². The summed E-state index contributed by atoms with van der Waals surface area (Å²) in [4.78, 5) is 0. The first-order chi connectivity index (χ1) is 8.49. The van der Waals surface area contributed by atoms with E-state index in [1.54, 1.807) is 6.07 Å². The van der Waals surface area contributed by atoms with Gasteiger partial charge in [0.1, 0.15) is 5.82 Å². The molecule has 1 atom stereocenters. The standard InChI is InChI=1S/C15H21BrFN/c1-4-6-18-11-15(3,5-2)10-12-7-13(16)9-14(17)8-12/h5,7-9,18H,2,4,6,10-11H2,1,3H3. The predicted octanol–water partition coefficient (Wildman–Crippen LogP) is 4.32. The lowest BCUT2D eigenvalue weighted by Gasteiger charge is -2.26. The van der Waals surface area contributed by atoms with Gasteiger partial charge in [-0.05, 0) is 43.1 Å². The van der Waals surface area contributed by atoms with E-state index in [0.717, 1.165) is 36.0 Å². The highest BCUT2D eigenvalue weighted by atomic mass is 79.9. The van der Waals surface area contributed by atoms with E-state index >= 15 is 0 Å². The van der Waals surface area contributed by atoms with Crippen LogP contribution in [0.25, 0.3) is 0 Å². The Bertz CT molecular complexity index is 385. The summed E-state index contributed by atoms with van der Waals surface area (Å²) in [6, 6.07) is 5.03. The summed E-state index contributed by atoms with van der Waals surface area (Å²) in [6.07, 6.45) is 3.84. The van der Waals surface area contributed by atoms with Crippen LogP contribution in [0, 0.1) is 11.2 Å². The molecule has 3 heteroatoms. The summed E-state index contributed by atoms with van der Waals surface area (Å²) >= 11 is 3.32. The average molecular weight is 314 g/mol. The molecule has 0 aliphatic rings. The summed E-state index contributed by atoms with van der Waals surface area (Å²) in [7, 11) is 0. The van der Waals surface area contributed by atoms with Gasteiger partial charge in [0.2, 0.25) is 0 Å².